The van der Waals surface area contributed by atoms with Crippen LogP contribution in [0.2, 0.25) is 5.02 Å². The van der Waals surface area contributed by atoms with Crippen LogP contribution in [0.15, 0.2) is 30.5 Å². The molecule has 5 nitrogen and oxygen atoms in total. The van der Waals surface area contributed by atoms with Crippen LogP contribution in [0.5, 0.6) is 0 Å². The molecule has 0 radical (unpaired) electrons. The van der Waals surface area contributed by atoms with E-state index in [1.807, 2.05) is 24.3 Å². The third-order valence-electron chi connectivity index (χ3n) is 3.65. The van der Waals surface area contributed by atoms with Gasteiger partial charge >= 0.3 is 0 Å². The van der Waals surface area contributed by atoms with Crippen LogP contribution in [0.25, 0.3) is 0 Å². The molecule has 1 fully saturated rings. The molecule has 3 rings (SSSR count). The molecule has 1 aromatic carbocycles. The third-order valence-corrected chi connectivity index (χ3v) is 3.98. The van der Waals surface area contributed by atoms with Crippen LogP contribution >= 0.6 is 11.6 Å². The number of benzene rings is 1. The van der Waals surface area contributed by atoms with Crippen molar-refractivity contribution in [3.63, 3.8) is 0 Å². The van der Waals surface area contributed by atoms with Gasteiger partial charge in [-0.3, -0.25) is 0 Å². The van der Waals surface area contributed by atoms with Crippen molar-refractivity contribution in [3.05, 3.63) is 35.5 Å². The van der Waals surface area contributed by atoms with Crippen molar-refractivity contribution in [2.24, 2.45) is 5.92 Å². The van der Waals surface area contributed by atoms with E-state index in [0.29, 0.717) is 16.9 Å². The van der Waals surface area contributed by atoms with E-state index in [0.717, 1.165) is 24.6 Å². The van der Waals surface area contributed by atoms with Gasteiger partial charge in [0, 0.05) is 13.1 Å². The van der Waals surface area contributed by atoms with Gasteiger partial charge in [-0.05, 0) is 30.9 Å². The van der Waals surface area contributed by atoms with E-state index >= 15 is 0 Å². The van der Waals surface area contributed by atoms with E-state index in [9.17, 15) is 0 Å². The highest BCUT2D eigenvalue weighted by molar-refractivity contribution is 6.33. The van der Waals surface area contributed by atoms with Gasteiger partial charge in [-0.2, -0.15) is 10.1 Å². The van der Waals surface area contributed by atoms with Crippen molar-refractivity contribution in [1.29, 1.82) is 0 Å². The highest BCUT2D eigenvalue weighted by Crippen LogP contribution is 2.25. The molecule has 1 aromatic heterocycles. The molecule has 2 heterocycles. The van der Waals surface area contributed by atoms with Crippen LogP contribution in [0.4, 0.5) is 17.5 Å². The molecule has 0 amide bonds. The van der Waals surface area contributed by atoms with Gasteiger partial charge in [-0.15, -0.1) is 5.10 Å². The Kier molecular flexibility index (Phi) is 4.20. The highest BCUT2D eigenvalue weighted by Gasteiger charge is 2.18. The normalized spacial score (nSPS) is 18.6. The van der Waals surface area contributed by atoms with Crippen LogP contribution in [-0.2, 0) is 0 Å². The lowest BCUT2D eigenvalue weighted by Crippen LogP contribution is -2.35. The second kappa shape index (κ2) is 6.26. The summed E-state index contributed by atoms with van der Waals surface area (Å²) in [6.07, 6.45) is 4.19. The van der Waals surface area contributed by atoms with Gasteiger partial charge < -0.3 is 10.2 Å². The molecule has 0 saturated carbocycles. The maximum atomic E-state index is 6.13. The molecule has 110 valence electrons. The number of nitrogens with one attached hydrogen (secondary N) is 1. The number of hydrogen-bond acceptors (Lipinski definition) is 5. The van der Waals surface area contributed by atoms with Crippen molar-refractivity contribution < 1.29 is 0 Å². The van der Waals surface area contributed by atoms with Crippen LogP contribution in [-0.4, -0.2) is 28.3 Å². The maximum Gasteiger partial charge on any atom is 0.249 e. The number of para-hydroxylation sites is 1. The van der Waals surface area contributed by atoms with E-state index in [2.05, 4.69) is 32.3 Å². The van der Waals surface area contributed by atoms with Crippen molar-refractivity contribution in [2.75, 3.05) is 23.3 Å². The van der Waals surface area contributed by atoms with Gasteiger partial charge in [0.2, 0.25) is 5.95 Å². The largest absolute Gasteiger partial charge is 0.355 e. The summed E-state index contributed by atoms with van der Waals surface area (Å²) in [5.41, 5.74) is 0.783. The maximum absolute atomic E-state index is 6.13. The van der Waals surface area contributed by atoms with E-state index in [1.54, 1.807) is 6.20 Å². The zero-order valence-electron chi connectivity index (χ0n) is 12.0. The molecule has 0 aliphatic carbocycles. The molecule has 21 heavy (non-hydrogen) atoms. The molecule has 1 N–H and O–H groups in total. The third kappa shape index (κ3) is 3.42. The Hall–Kier alpha value is -1.88. The molecule has 1 saturated heterocycles. The van der Waals surface area contributed by atoms with Crippen LogP contribution in [0.1, 0.15) is 19.8 Å². The smallest absolute Gasteiger partial charge is 0.249 e. The summed E-state index contributed by atoms with van der Waals surface area (Å²) in [4.78, 5) is 6.81. The fraction of sp³-hybridized carbons (Fsp3) is 0.400. The average Bonchev–Trinajstić information content (AvgIpc) is 2.50. The lowest BCUT2D eigenvalue weighted by Gasteiger charge is -2.31. The number of anilines is 3. The fourth-order valence-corrected chi connectivity index (χ4v) is 2.76. The van der Waals surface area contributed by atoms with Crippen LogP contribution in [0, 0.1) is 5.92 Å². The first kappa shape index (κ1) is 14.1. The summed E-state index contributed by atoms with van der Waals surface area (Å²) >= 11 is 6.13. The first-order chi connectivity index (χ1) is 10.2. The van der Waals surface area contributed by atoms with Gasteiger partial charge in [0.25, 0.3) is 0 Å². The number of aromatic nitrogens is 3. The summed E-state index contributed by atoms with van der Waals surface area (Å²) < 4.78 is 0. The van der Waals surface area contributed by atoms with E-state index in [1.165, 1.54) is 12.8 Å². The minimum atomic E-state index is 0.471. The zero-order chi connectivity index (χ0) is 14.7. The second-order valence-electron chi connectivity index (χ2n) is 5.44. The predicted molar refractivity (Wildman–Crippen MR) is 85.2 cm³/mol. The van der Waals surface area contributed by atoms with Gasteiger partial charge in [-0.1, -0.05) is 30.7 Å². The monoisotopic (exact) mass is 303 g/mol. The predicted octanol–water partition coefficient (Wildman–Crippen LogP) is 3.50. The first-order valence-electron chi connectivity index (χ1n) is 7.18. The van der Waals surface area contributed by atoms with Crippen LogP contribution < -0.4 is 10.2 Å². The number of piperidine rings is 1. The Labute approximate surface area is 129 Å². The molecular weight excluding hydrogens is 286 g/mol. The Morgan fingerprint density at radius 1 is 1.33 bits per heavy atom. The molecule has 2 aromatic rings. The van der Waals surface area contributed by atoms with Gasteiger partial charge in [0.1, 0.15) is 0 Å². The lowest BCUT2D eigenvalue weighted by atomic mass is 10.0. The van der Waals surface area contributed by atoms with E-state index in [-0.39, 0.29) is 0 Å². The minimum Gasteiger partial charge on any atom is -0.355 e. The molecule has 6 heteroatoms. The average molecular weight is 304 g/mol. The number of hydrogen-bond donors (Lipinski definition) is 1. The lowest BCUT2D eigenvalue weighted by molar-refractivity contribution is 0.444. The summed E-state index contributed by atoms with van der Waals surface area (Å²) in [5, 5.41) is 11.8. The van der Waals surface area contributed by atoms with Crippen molar-refractivity contribution in [2.45, 2.75) is 19.8 Å². The first-order valence-corrected chi connectivity index (χ1v) is 7.56. The van der Waals surface area contributed by atoms with Crippen molar-refractivity contribution in [1.82, 2.24) is 15.2 Å². The SMILES string of the molecule is CC1CCCN(c2cnnc(Nc3ccccc3Cl)n2)C1. The topological polar surface area (TPSA) is 53.9 Å². The molecule has 1 aliphatic rings. The van der Waals surface area contributed by atoms with Gasteiger partial charge in [0.05, 0.1) is 16.9 Å². The molecule has 1 atom stereocenters. The second-order valence-corrected chi connectivity index (χ2v) is 5.84. The summed E-state index contributed by atoms with van der Waals surface area (Å²) in [7, 11) is 0. The molecule has 0 spiro atoms. The molecule has 1 aliphatic heterocycles. The zero-order valence-corrected chi connectivity index (χ0v) is 12.7. The van der Waals surface area contributed by atoms with Crippen molar-refractivity contribution in [3.8, 4) is 0 Å². The molecule has 1 unspecified atom stereocenters. The standard InChI is InChI=1S/C15H18ClN5/c1-11-5-4-8-21(10-11)14-9-17-20-15(19-14)18-13-7-3-2-6-12(13)16/h2-3,6-7,9,11H,4-5,8,10H2,1H3,(H,18,19,20). The summed E-state index contributed by atoms with van der Waals surface area (Å²) in [6, 6.07) is 7.52. The quantitative estimate of drug-likeness (QED) is 0.940. The van der Waals surface area contributed by atoms with Crippen molar-refractivity contribution >= 4 is 29.1 Å². The summed E-state index contributed by atoms with van der Waals surface area (Å²) in [6.45, 7) is 4.31. The Bertz CT molecular complexity index is 619. The Morgan fingerprint density at radius 2 is 2.19 bits per heavy atom. The van der Waals surface area contributed by atoms with Crippen LogP contribution in [0.3, 0.4) is 0 Å². The Balaban J connectivity index is 1.78. The van der Waals surface area contributed by atoms with Gasteiger partial charge in [-0.25, -0.2) is 0 Å². The fourth-order valence-electron chi connectivity index (χ4n) is 2.58. The number of nitrogens with zero attached hydrogens (tertiary/aromatic N) is 4. The number of rotatable bonds is 3. The highest BCUT2D eigenvalue weighted by atomic mass is 35.5. The summed E-state index contributed by atoms with van der Waals surface area (Å²) in [5.74, 6) is 2.03. The van der Waals surface area contributed by atoms with E-state index < -0.39 is 0 Å². The Morgan fingerprint density at radius 3 is 3.00 bits per heavy atom. The van der Waals surface area contributed by atoms with Gasteiger partial charge in [0.15, 0.2) is 5.82 Å². The molecule has 0 bridgehead atoms. The van der Waals surface area contributed by atoms with E-state index in [4.69, 9.17) is 11.6 Å². The molecular formula is C15H18ClN5. The number of halogens is 1. The minimum absolute atomic E-state index is 0.471.